The number of alkyl halides is 5. The van der Waals surface area contributed by atoms with Gasteiger partial charge in [-0.3, -0.25) is 9.78 Å². The highest BCUT2D eigenvalue weighted by Crippen LogP contribution is 2.32. The zero-order valence-electron chi connectivity index (χ0n) is 20.5. The van der Waals surface area contributed by atoms with Crippen molar-refractivity contribution in [3.63, 3.8) is 0 Å². The van der Waals surface area contributed by atoms with Crippen LogP contribution in [-0.4, -0.2) is 74.1 Å². The number of fused-ring (bicyclic) bond motifs is 1. The van der Waals surface area contributed by atoms with E-state index in [1.54, 1.807) is 12.3 Å². The second-order valence-corrected chi connectivity index (χ2v) is 8.78. The molecular weight excluding hydrogens is 519 g/mol. The van der Waals surface area contributed by atoms with Gasteiger partial charge in [0.2, 0.25) is 11.7 Å². The number of carbonyl (C=O) groups excluding carboxylic acids is 1. The van der Waals surface area contributed by atoms with E-state index in [9.17, 15) is 26.7 Å². The first-order valence-corrected chi connectivity index (χ1v) is 11.2. The molecule has 3 aromatic heterocycles. The zero-order chi connectivity index (χ0) is 28.4. The van der Waals surface area contributed by atoms with Crippen molar-refractivity contribution in [1.29, 1.82) is 0 Å². The summed E-state index contributed by atoms with van der Waals surface area (Å²) in [5.74, 6) is -5.77. The van der Waals surface area contributed by atoms with Crippen molar-refractivity contribution in [3.8, 4) is 5.82 Å². The maximum Gasteiger partial charge on any atom is 0.490 e. The van der Waals surface area contributed by atoms with E-state index < -0.39 is 29.8 Å². The van der Waals surface area contributed by atoms with E-state index in [0.717, 1.165) is 25.4 Å². The van der Waals surface area contributed by atoms with Crippen molar-refractivity contribution < 1.29 is 36.6 Å². The first-order valence-electron chi connectivity index (χ1n) is 11.2. The van der Waals surface area contributed by atoms with Crippen molar-refractivity contribution in [1.82, 2.24) is 30.0 Å². The van der Waals surface area contributed by atoms with Crippen molar-refractivity contribution in [2.24, 2.45) is 11.7 Å². The van der Waals surface area contributed by atoms with Crippen molar-refractivity contribution >= 4 is 28.6 Å². The van der Waals surface area contributed by atoms with Crippen LogP contribution in [0, 0.1) is 5.92 Å². The van der Waals surface area contributed by atoms with Crippen LogP contribution in [0.3, 0.4) is 0 Å². The second-order valence-electron chi connectivity index (χ2n) is 8.78. The Labute approximate surface area is 212 Å². The lowest BCUT2D eigenvalue weighted by molar-refractivity contribution is -0.192. The fourth-order valence-corrected chi connectivity index (χ4v) is 3.91. The molecule has 4 N–H and O–H groups in total. The Morgan fingerprint density at radius 1 is 1.21 bits per heavy atom. The number of aromatic nitrogens is 5. The van der Waals surface area contributed by atoms with E-state index in [2.05, 4.69) is 32.1 Å². The van der Waals surface area contributed by atoms with Gasteiger partial charge in [-0.1, -0.05) is 6.92 Å². The van der Waals surface area contributed by atoms with Crippen molar-refractivity contribution in [2.75, 3.05) is 25.0 Å². The summed E-state index contributed by atoms with van der Waals surface area (Å²) in [6.45, 7) is 4.43. The predicted octanol–water partition coefficient (Wildman–Crippen LogP) is 2.03. The number of rotatable bonds is 6. The van der Waals surface area contributed by atoms with Gasteiger partial charge in [-0.05, 0) is 19.0 Å². The molecule has 16 heteroatoms. The summed E-state index contributed by atoms with van der Waals surface area (Å²) in [4.78, 5) is 34.5. The summed E-state index contributed by atoms with van der Waals surface area (Å²) in [5.41, 5.74) is 6.38. The number of nitrogens with zero attached hydrogens (tertiary/aromatic N) is 6. The number of hydrogen-bond acceptors (Lipinski definition) is 8. The molecule has 1 saturated heterocycles. The lowest BCUT2D eigenvalue weighted by Gasteiger charge is -2.15. The maximum atomic E-state index is 13.8. The number of amides is 1. The van der Waals surface area contributed by atoms with Gasteiger partial charge in [-0.25, -0.2) is 19.4 Å². The first kappa shape index (κ1) is 28.6. The van der Waals surface area contributed by atoms with Gasteiger partial charge in [-0.15, -0.1) is 5.10 Å². The molecule has 0 spiro atoms. The average Bonchev–Trinajstić information content (AvgIpc) is 3.38. The molecule has 4 heterocycles. The molecule has 1 aliphatic rings. The number of carbonyl (C=O) groups is 2. The van der Waals surface area contributed by atoms with Gasteiger partial charge in [0.15, 0.2) is 11.6 Å². The van der Waals surface area contributed by atoms with Crippen LogP contribution in [0.1, 0.15) is 25.4 Å². The van der Waals surface area contributed by atoms with Crippen molar-refractivity contribution in [3.05, 3.63) is 36.0 Å². The van der Waals surface area contributed by atoms with Gasteiger partial charge in [0.1, 0.15) is 0 Å². The molecule has 0 bridgehead atoms. The Balaban J connectivity index is 0.000000505. The van der Waals surface area contributed by atoms with Gasteiger partial charge < -0.3 is 21.1 Å². The predicted molar refractivity (Wildman–Crippen MR) is 125 cm³/mol. The first-order chi connectivity index (χ1) is 17.6. The standard InChI is InChI=1S/C20H24F2N8O.C2HF3O2/c1-11-9-29(10-14(11)24-3)18-13-8-26-12(7-16(23)31)6-15(13)30(28-18)17-4-5-25-19(27-17)20(2,21)22;3-2(4,5)1(6)7/h4-6,8,11,14,24H,7,9-10H2,1-3H3,(H2,23,31);(H,6,7). The quantitative estimate of drug-likeness (QED) is 0.396. The molecule has 38 heavy (non-hydrogen) atoms. The van der Waals surface area contributed by atoms with E-state index >= 15 is 0 Å². The molecule has 3 aromatic rings. The topological polar surface area (TPSA) is 152 Å². The number of primary amides is 1. The third-order valence-electron chi connectivity index (χ3n) is 5.73. The normalized spacial score (nSPS) is 17.8. The smallest absolute Gasteiger partial charge is 0.475 e. The Morgan fingerprint density at radius 2 is 1.87 bits per heavy atom. The molecule has 4 rings (SSSR count). The Kier molecular flexibility index (Phi) is 8.14. The summed E-state index contributed by atoms with van der Waals surface area (Å²) in [6, 6.07) is 3.51. The van der Waals surface area contributed by atoms with Gasteiger partial charge in [0.05, 0.1) is 23.0 Å². The third kappa shape index (κ3) is 6.48. The van der Waals surface area contributed by atoms with Crippen LogP contribution in [0.15, 0.2) is 24.5 Å². The monoisotopic (exact) mass is 544 g/mol. The summed E-state index contributed by atoms with van der Waals surface area (Å²) < 4.78 is 60.9. The average molecular weight is 544 g/mol. The highest BCUT2D eigenvalue weighted by atomic mass is 19.4. The Hall–Kier alpha value is -3.95. The number of likely N-dealkylation sites (N-methyl/N-ethyl adjacent to an activating group) is 1. The number of carboxylic acids is 1. The summed E-state index contributed by atoms with van der Waals surface area (Å²) in [6.07, 6.45) is -2.20. The summed E-state index contributed by atoms with van der Waals surface area (Å²) in [5, 5.41) is 15.9. The summed E-state index contributed by atoms with van der Waals surface area (Å²) >= 11 is 0. The molecule has 1 amide bonds. The highest BCUT2D eigenvalue weighted by molar-refractivity contribution is 5.92. The van der Waals surface area contributed by atoms with Crippen LogP contribution in [0.25, 0.3) is 16.7 Å². The number of nitrogens with one attached hydrogen (secondary N) is 1. The minimum Gasteiger partial charge on any atom is -0.475 e. The number of carboxylic acid groups (broad SMARTS) is 1. The maximum absolute atomic E-state index is 13.8. The van der Waals surface area contributed by atoms with Crippen LogP contribution in [0.2, 0.25) is 0 Å². The van der Waals surface area contributed by atoms with Gasteiger partial charge in [0.25, 0.3) is 0 Å². The molecule has 2 atom stereocenters. The minimum atomic E-state index is -5.08. The Morgan fingerprint density at radius 3 is 2.39 bits per heavy atom. The molecule has 1 fully saturated rings. The van der Waals surface area contributed by atoms with E-state index in [1.807, 2.05) is 7.05 Å². The van der Waals surface area contributed by atoms with Crippen LogP contribution in [0.4, 0.5) is 27.8 Å². The summed E-state index contributed by atoms with van der Waals surface area (Å²) in [7, 11) is 1.92. The SMILES string of the molecule is CNC1CN(c2nn(-c3ccnc(C(C)(F)F)n3)c3cc(CC(N)=O)ncc23)CC1C.O=C(O)C(F)(F)F. The van der Waals surface area contributed by atoms with Crippen LogP contribution in [0.5, 0.6) is 0 Å². The lowest BCUT2D eigenvalue weighted by atomic mass is 10.1. The molecule has 0 aromatic carbocycles. The minimum absolute atomic E-state index is 0.0406. The van der Waals surface area contributed by atoms with Crippen LogP contribution in [-0.2, 0) is 21.9 Å². The van der Waals surface area contributed by atoms with E-state index in [4.69, 9.17) is 20.7 Å². The fraction of sp³-hybridized carbons (Fsp3) is 0.455. The van der Waals surface area contributed by atoms with Crippen molar-refractivity contribution in [2.45, 2.75) is 38.4 Å². The van der Waals surface area contributed by atoms with Gasteiger partial charge in [-0.2, -0.15) is 22.0 Å². The number of halogens is 5. The molecule has 0 saturated carbocycles. The molecule has 0 radical (unpaired) electrons. The lowest BCUT2D eigenvalue weighted by Crippen LogP contribution is -2.32. The second kappa shape index (κ2) is 10.8. The molecular formula is C22H25F5N8O3. The number of aliphatic carboxylic acids is 1. The molecule has 206 valence electrons. The zero-order valence-corrected chi connectivity index (χ0v) is 20.5. The molecule has 11 nitrogen and oxygen atoms in total. The number of nitrogens with two attached hydrogens (primary N) is 1. The number of hydrogen-bond donors (Lipinski definition) is 3. The molecule has 0 aliphatic carbocycles. The largest absolute Gasteiger partial charge is 0.490 e. The van der Waals surface area contributed by atoms with Crippen LogP contribution >= 0.6 is 0 Å². The van der Waals surface area contributed by atoms with Gasteiger partial charge in [0, 0.05) is 44.5 Å². The molecule has 1 aliphatic heterocycles. The molecule has 2 unspecified atom stereocenters. The van der Waals surface area contributed by atoms with E-state index in [0.29, 0.717) is 29.0 Å². The van der Waals surface area contributed by atoms with Gasteiger partial charge >= 0.3 is 18.1 Å². The highest BCUT2D eigenvalue weighted by Gasteiger charge is 2.38. The number of anilines is 1. The Bertz CT molecular complexity index is 1320. The van der Waals surface area contributed by atoms with Crippen LogP contribution < -0.4 is 16.0 Å². The fourth-order valence-electron chi connectivity index (χ4n) is 3.91. The van der Waals surface area contributed by atoms with E-state index in [1.165, 1.54) is 16.9 Å². The third-order valence-corrected chi connectivity index (χ3v) is 5.73. The van der Waals surface area contributed by atoms with E-state index in [-0.39, 0.29) is 12.2 Å². The number of pyridine rings is 1.